The molecule has 0 atom stereocenters. The molecular formula is C18H27NO2. The third-order valence-electron chi connectivity index (χ3n) is 4.58. The van der Waals surface area contributed by atoms with Crippen LogP contribution in [0.3, 0.4) is 0 Å². The number of methoxy groups -OCH3 is 1. The molecule has 1 fully saturated rings. The van der Waals surface area contributed by atoms with Crippen LogP contribution in [0.25, 0.3) is 0 Å². The molecule has 1 aromatic carbocycles. The number of carbonyl (C=O) groups is 1. The summed E-state index contributed by atoms with van der Waals surface area (Å²) in [5.74, 6) is -0.273. The lowest BCUT2D eigenvalue weighted by Gasteiger charge is -2.33. The summed E-state index contributed by atoms with van der Waals surface area (Å²) in [6.07, 6.45) is 7.88. The highest BCUT2D eigenvalue weighted by molar-refractivity contribution is 5.89. The Morgan fingerprint density at radius 3 is 2.48 bits per heavy atom. The zero-order valence-electron chi connectivity index (χ0n) is 13.3. The van der Waals surface area contributed by atoms with Crippen molar-refractivity contribution in [1.29, 1.82) is 0 Å². The van der Waals surface area contributed by atoms with E-state index in [0.29, 0.717) is 11.0 Å². The van der Waals surface area contributed by atoms with E-state index in [9.17, 15) is 4.79 Å². The van der Waals surface area contributed by atoms with Crippen molar-refractivity contribution in [2.45, 2.75) is 45.4 Å². The minimum Gasteiger partial charge on any atom is -0.465 e. The Bertz CT molecular complexity index is 447. The van der Waals surface area contributed by atoms with Gasteiger partial charge in [0.15, 0.2) is 0 Å². The highest BCUT2D eigenvalue weighted by atomic mass is 16.5. The van der Waals surface area contributed by atoms with E-state index in [4.69, 9.17) is 4.74 Å². The maximum atomic E-state index is 11.4. The van der Waals surface area contributed by atoms with E-state index < -0.39 is 0 Å². The fraction of sp³-hybridized carbons (Fsp3) is 0.611. The Balaban J connectivity index is 1.72. The molecule has 1 saturated carbocycles. The minimum absolute atomic E-state index is 0.273. The van der Waals surface area contributed by atoms with Crippen LogP contribution in [0, 0.1) is 5.41 Å². The number of esters is 1. The third-order valence-corrected chi connectivity index (χ3v) is 4.58. The number of ether oxygens (including phenoxy) is 1. The molecule has 1 aliphatic rings. The Labute approximate surface area is 128 Å². The van der Waals surface area contributed by atoms with Crippen LogP contribution in [0.4, 0.5) is 0 Å². The lowest BCUT2D eigenvalue weighted by atomic mass is 9.76. The summed E-state index contributed by atoms with van der Waals surface area (Å²) in [4.78, 5) is 11.4. The van der Waals surface area contributed by atoms with Gasteiger partial charge in [-0.25, -0.2) is 4.79 Å². The lowest BCUT2D eigenvalue weighted by Crippen LogP contribution is -2.34. The summed E-state index contributed by atoms with van der Waals surface area (Å²) < 4.78 is 4.70. The van der Waals surface area contributed by atoms with Gasteiger partial charge < -0.3 is 10.1 Å². The monoisotopic (exact) mass is 289 g/mol. The molecule has 0 aliphatic heterocycles. The van der Waals surface area contributed by atoms with Crippen LogP contribution in [-0.4, -0.2) is 26.2 Å². The van der Waals surface area contributed by atoms with Crippen LogP contribution in [0.2, 0.25) is 0 Å². The van der Waals surface area contributed by atoms with Gasteiger partial charge in [0.1, 0.15) is 0 Å². The summed E-state index contributed by atoms with van der Waals surface area (Å²) in [5, 5.41) is 3.60. The molecule has 3 heteroatoms. The smallest absolute Gasteiger partial charge is 0.337 e. The molecule has 21 heavy (non-hydrogen) atoms. The molecule has 0 radical (unpaired) electrons. The van der Waals surface area contributed by atoms with Crippen molar-refractivity contribution < 1.29 is 9.53 Å². The van der Waals surface area contributed by atoms with Crippen LogP contribution in [0.5, 0.6) is 0 Å². The summed E-state index contributed by atoms with van der Waals surface area (Å²) >= 11 is 0. The molecule has 3 nitrogen and oxygen atoms in total. The van der Waals surface area contributed by atoms with Gasteiger partial charge in [-0.3, -0.25) is 0 Å². The second kappa shape index (κ2) is 7.60. The highest BCUT2D eigenvalue weighted by Crippen LogP contribution is 2.34. The zero-order chi connectivity index (χ0) is 15.1. The van der Waals surface area contributed by atoms with E-state index in [0.717, 1.165) is 19.5 Å². The molecular weight excluding hydrogens is 262 g/mol. The average Bonchev–Trinajstić information content (AvgIpc) is 2.52. The summed E-state index contributed by atoms with van der Waals surface area (Å²) in [7, 11) is 1.41. The van der Waals surface area contributed by atoms with Crippen LogP contribution < -0.4 is 5.32 Å². The van der Waals surface area contributed by atoms with Gasteiger partial charge in [-0.05, 0) is 48.9 Å². The molecule has 1 aromatic rings. The second-order valence-electron chi connectivity index (χ2n) is 6.49. The molecule has 0 heterocycles. The third kappa shape index (κ3) is 4.85. The van der Waals surface area contributed by atoms with E-state index in [1.807, 2.05) is 24.3 Å². The first kappa shape index (κ1) is 16.0. The standard InChI is InChI=1S/C18H27NO2/c1-18(11-4-3-5-12-18)14-19-13-10-15-6-8-16(9-7-15)17(20)21-2/h6-9,19H,3-5,10-14H2,1-2H3. The molecule has 0 aromatic heterocycles. The van der Waals surface area contributed by atoms with Gasteiger partial charge in [0.25, 0.3) is 0 Å². The van der Waals surface area contributed by atoms with E-state index in [2.05, 4.69) is 12.2 Å². The van der Waals surface area contributed by atoms with Crippen molar-refractivity contribution in [2.24, 2.45) is 5.41 Å². The number of carbonyl (C=O) groups excluding carboxylic acids is 1. The average molecular weight is 289 g/mol. The molecule has 116 valence electrons. The quantitative estimate of drug-likeness (QED) is 0.642. The van der Waals surface area contributed by atoms with Crippen molar-refractivity contribution in [3.05, 3.63) is 35.4 Å². The number of benzene rings is 1. The number of rotatable bonds is 6. The van der Waals surface area contributed by atoms with Crippen molar-refractivity contribution in [3.8, 4) is 0 Å². The lowest BCUT2D eigenvalue weighted by molar-refractivity contribution is 0.0600. The Kier molecular flexibility index (Phi) is 5.80. The van der Waals surface area contributed by atoms with Crippen LogP contribution in [0.1, 0.15) is 54.9 Å². The van der Waals surface area contributed by atoms with E-state index in [-0.39, 0.29) is 5.97 Å². The van der Waals surface area contributed by atoms with Gasteiger partial charge in [-0.1, -0.05) is 38.3 Å². The topological polar surface area (TPSA) is 38.3 Å². The summed E-state index contributed by atoms with van der Waals surface area (Å²) in [6, 6.07) is 7.69. The molecule has 0 unspecified atom stereocenters. The number of nitrogens with one attached hydrogen (secondary N) is 1. The molecule has 0 saturated heterocycles. The van der Waals surface area contributed by atoms with Crippen molar-refractivity contribution in [1.82, 2.24) is 5.32 Å². The largest absolute Gasteiger partial charge is 0.465 e. The molecule has 1 aliphatic carbocycles. The number of hydrogen-bond acceptors (Lipinski definition) is 3. The van der Waals surface area contributed by atoms with Crippen LogP contribution in [-0.2, 0) is 11.2 Å². The second-order valence-corrected chi connectivity index (χ2v) is 6.49. The maximum Gasteiger partial charge on any atom is 0.337 e. The van der Waals surface area contributed by atoms with Gasteiger partial charge >= 0.3 is 5.97 Å². The SMILES string of the molecule is COC(=O)c1ccc(CCNCC2(C)CCCCC2)cc1. The fourth-order valence-corrected chi connectivity index (χ4v) is 3.13. The van der Waals surface area contributed by atoms with Gasteiger partial charge in [0.05, 0.1) is 12.7 Å². The predicted molar refractivity (Wildman–Crippen MR) is 85.5 cm³/mol. The summed E-state index contributed by atoms with van der Waals surface area (Å²) in [6.45, 7) is 4.52. The Morgan fingerprint density at radius 2 is 1.86 bits per heavy atom. The first-order valence-electron chi connectivity index (χ1n) is 8.01. The van der Waals surface area contributed by atoms with Crippen molar-refractivity contribution in [3.63, 3.8) is 0 Å². The molecule has 0 amide bonds. The van der Waals surface area contributed by atoms with Gasteiger partial charge in [0, 0.05) is 6.54 Å². The van der Waals surface area contributed by atoms with Gasteiger partial charge in [-0.2, -0.15) is 0 Å². The summed E-state index contributed by atoms with van der Waals surface area (Å²) in [5.41, 5.74) is 2.36. The van der Waals surface area contributed by atoms with Crippen LogP contribution in [0.15, 0.2) is 24.3 Å². The zero-order valence-corrected chi connectivity index (χ0v) is 13.3. The van der Waals surface area contributed by atoms with Gasteiger partial charge in [-0.15, -0.1) is 0 Å². The highest BCUT2D eigenvalue weighted by Gasteiger charge is 2.25. The normalized spacial score (nSPS) is 17.4. The first-order valence-corrected chi connectivity index (χ1v) is 8.01. The Morgan fingerprint density at radius 1 is 1.19 bits per heavy atom. The first-order chi connectivity index (χ1) is 10.1. The minimum atomic E-state index is -0.273. The van der Waals surface area contributed by atoms with Crippen LogP contribution >= 0.6 is 0 Å². The van der Waals surface area contributed by atoms with Crippen molar-refractivity contribution >= 4 is 5.97 Å². The fourth-order valence-electron chi connectivity index (χ4n) is 3.13. The predicted octanol–water partition coefficient (Wildman–Crippen LogP) is 3.58. The number of hydrogen-bond donors (Lipinski definition) is 1. The van der Waals surface area contributed by atoms with E-state index >= 15 is 0 Å². The van der Waals surface area contributed by atoms with Gasteiger partial charge in [0.2, 0.25) is 0 Å². The van der Waals surface area contributed by atoms with E-state index in [1.54, 1.807) is 0 Å². The molecule has 0 bridgehead atoms. The maximum absolute atomic E-state index is 11.4. The molecule has 1 N–H and O–H groups in total. The molecule has 0 spiro atoms. The van der Waals surface area contributed by atoms with Crippen molar-refractivity contribution in [2.75, 3.05) is 20.2 Å². The Hall–Kier alpha value is -1.35. The molecule has 2 rings (SSSR count). The van der Waals surface area contributed by atoms with E-state index in [1.165, 1.54) is 44.8 Å².